The molecular formula is C13H18N2O5S. The van der Waals surface area contributed by atoms with E-state index in [1.807, 2.05) is 0 Å². The minimum absolute atomic E-state index is 0.0229. The Bertz CT molecular complexity index is 517. The molecule has 2 aliphatic rings. The summed E-state index contributed by atoms with van der Waals surface area (Å²) < 4.78 is 0. The van der Waals surface area contributed by atoms with Gasteiger partial charge in [-0.15, -0.1) is 11.8 Å². The van der Waals surface area contributed by atoms with Crippen LogP contribution in [0.1, 0.15) is 20.3 Å². The summed E-state index contributed by atoms with van der Waals surface area (Å²) in [6.45, 7) is 3.40. The highest BCUT2D eigenvalue weighted by Gasteiger charge is 2.56. The second-order valence-electron chi connectivity index (χ2n) is 5.15. The van der Waals surface area contributed by atoms with E-state index in [2.05, 4.69) is 5.32 Å². The fourth-order valence-corrected chi connectivity index (χ4v) is 3.82. The SMILES string of the molecule is CC(=O)NCCSC1=C(C(=O)O)N2C(=O)[C@H]([C@@H](C)O)[C@@H]2C1. The van der Waals surface area contributed by atoms with Crippen molar-refractivity contribution in [3.05, 3.63) is 10.6 Å². The van der Waals surface area contributed by atoms with Crippen LogP contribution in [0.5, 0.6) is 0 Å². The largest absolute Gasteiger partial charge is 0.477 e. The molecule has 0 bridgehead atoms. The normalized spacial score (nSPS) is 25.5. The van der Waals surface area contributed by atoms with Gasteiger partial charge in [0.05, 0.1) is 18.1 Å². The fourth-order valence-electron chi connectivity index (χ4n) is 2.76. The number of carboxylic acids is 1. The van der Waals surface area contributed by atoms with Crippen molar-refractivity contribution in [3.63, 3.8) is 0 Å². The number of nitrogens with one attached hydrogen (secondary N) is 1. The first-order chi connectivity index (χ1) is 9.84. The molecule has 0 aromatic carbocycles. The molecule has 0 unspecified atom stereocenters. The Hall–Kier alpha value is -1.54. The minimum atomic E-state index is -1.13. The monoisotopic (exact) mass is 314 g/mol. The molecule has 1 fully saturated rings. The molecule has 21 heavy (non-hydrogen) atoms. The molecule has 7 nitrogen and oxygen atoms in total. The smallest absolute Gasteiger partial charge is 0.353 e. The summed E-state index contributed by atoms with van der Waals surface area (Å²) in [5, 5.41) is 21.5. The van der Waals surface area contributed by atoms with Gasteiger partial charge in [-0.05, 0) is 6.92 Å². The number of carbonyl (C=O) groups excluding carboxylic acids is 2. The molecule has 2 heterocycles. The second kappa shape index (κ2) is 6.07. The van der Waals surface area contributed by atoms with Crippen LogP contribution in [0.25, 0.3) is 0 Å². The van der Waals surface area contributed by atoms with Crippen LogP contribution in [0, 0.1) is 5.92 Å². The summed E-state index contributed by atoms with van der Waals surface area (Å²) in [5.74, 6) is -1.57. The van der Waals surface area contributed by atoms with Gasteiger partial charge in [0.25, 0.3) is 0 Å². The van der Waals surface area contributed by atoms with Gasteiger partial charge in [0.1, 0.15) is 5.70 Å². The molecule has 116 valence electrons. The van der Waals surface area contributed by atoms with Gasteiger partial charge in [-0.2, -0.15) is 0 Å². The van der Waals surface area contributed by atoms with Crippen molar-refractivity contribution in [1.82, 2.24) is 10.2 Å². The van der Waals surface area contributed by atoms with E-state index in [0.29, 0.717) is 23.6 Å². The quantitative estimate of drug-likeness (QED) is 0.461. The number of nitrogens with zero attached hydrogens (tertiary/aromatic N) is 1. The molecule has 0 aliphatic carbocycles. The summed E-state index contributed by atoms with van der Waals surface area (Å²) in [6, 6.07) is -0.258. The number of rotatable bonds is 6. The average Bonchev–Trinajstić information content (AvgIpc) is 2.68. The third kappa shape index (κ3) is 2.91. The molecule has 2 aliphatic heterocycles. The van der Waals surface area contributed by atoms with Gasteiger partial charge in [0.15, 0.2) is 0 Å². The van der Waals surface area contributed by atoms with Crippen LogP contribution in [-0.4, -0.2) is 57.3 Å². The predicted molar refractivity (Wildman–Crippen MR) is 76.2 cm³/mol. The maximum Gasteiger partial charge on any atom is 0.353 e. The van der Waals surface area contributed by atoms with Crippen molar-refractivity contribution < 1.29 is 24.6 Å². The summed E-state index contributed by atoms with van der Waals surface area (Å²) in [6.07, 6.45) is -0.328. The maximum absolute atomic E-state index is 12.0. The zero-order valence-electron chi connectivity index (χ0n) is 11.8. The van der Waals surface area contributed by atoms with Gasteiger partial charge >= 0.3 is 5.97 Å². The second-order valence-corrected chi connectivity index (χ2v) is 6.34. The number of aliphatic hydroxyl groups excluding tert-OH is 1. The van der Waals surface area contributed by atoms with Gasteiger partial charge in [-0.3, -0.25) is 9.59 Å². The Labute approximate surface area is 126 Å². The Morgan fingerprint density at radius 2 is 2.19 bits per heavy atom. The summed E-state index contributed by atoms with van der Waals surface area (Å²) in [4.78, 5) is 36.0. The highest BCUT2D eigenvalue weighted by atomic mass is 32.2. The van der Waals surface area contributed by atoms with Gasteiger partial charge in [-0.1, -0.05) is 0 Å². The Kier molecular flexibility index (Phi) is 4.58. The number of aliphatic hydroxyl groups is 1. The minimum Gasteiger partial charge on any atom is -0.477 e. The first-order valence-electron chi connectivity index (χ1n) is 6.69. The van der Waals surface area contributed by atoms with E-state index in [0.717, 1.165) is 0 Å². The Morgan fingerprint density at radius 3 is 2.71 bits per heavy atom. The number of aliphatic carboxylic acids is 1. The molecule has 3 N–H and O–H groups in total. The van der Waals surface area contributed by atoms with Crippen LogP contribution < -0.4 is 5.32 Å². The van der Waals surface area contributed by atoms with Crippen molar-refractivity contribution in [1.29, 1.82) is 0 Å². The zero-order chi connectivity index (χ0) is 15.7. The number of amides is 2. The number of fused-ring (bicyclic) bond motifs is 1. The molecule has 0 aromatic heterocycles. The Morgan fingerprint density at radius 1 is 1.52 bits per heavy atom. The van der Waals surface area contributed by atoms with E-state index in [1.165, 1.54) is 23.6 Å². The van der Waals surface area contributed by atoms with Crippen molar-refractivity contribution >= 4 is 29.5 Å². The van der Waals surface area contributed by atoms with Gasteiger partial charge in [0.2, 0.25) is 11.8 Å². The number of β-lactam (4-membered cyclic amide) rings is 1. The average molecular weight is 314 g/mol. The summed E-state index contributed by atoms with van der Waals surface area (Å²) >= 11 is 1.33. The van der Waals surface area contributed by atoms with Crippen LogP contribution in [0.3, 0.4) is 0 Å². The van der Waals surface area contributed by atoms with E-state index >= 15 is 0 Å². The third-order valence-corrected chi connectivity index (χ3v) is 4.76. The lowest BCUT2D eigenvalue weighted by Gasteiger charge is -2.44. The van der Waals surface area contributed by atoms with Crippen LogP contribution >= 0.6 is 11.8 Å². The standard InChI is InChI=1S/C13H18N2O5S/c1-6(16)10-8-5-9(21-4-3-14-7(2)17)11(13(19)20)15(8)12(10)18/h6,8,10,16H,3-5H2,1-2H3,(H,14,17)(H,19,20)/t6-,8+,10-/m1/s1. The van der Waals surface area contributed by atoms with Crippen molar-refractivity contribution in [2.24, 2.45) is 5.92 Å². The lowest BCUT2D eigenvalue weighted by molar-refractivity contribution is -0.161. The number of carboxylic acid groups (broad SMARTS) is 1. The highest BCUT2D eigenvalue weighted by Crippen LogP contribution is 2.46. The van der Waals surface area contributed by atoms with Crippen molar-refractivity contribution in [2.45, 2.75) is 32.4 Å². The van der Waals surface area contributed by atoms with Crippen LogP contribution in [0.4, 0.5) is 0 Å². The number of thioether (sulfide) groups is 1. The lowest BCUT2D eigenvalue weighted by Crippen LogP contribution is -2.61. The maximum atomic E-state index is 12.0. The van der Waals surface area contributed by atoms with E-state index in [1.54, 1.807) is 6.92 Å². The molecule has 0 saturated carbocycles. The third-order valence-electron chi connectivity index (χ3n) is 3.64. The van der Waals surface area contributed by atoms with E-state index in [9.17, 15) is 24.6 Å². The molecule has 0 radical (unpaired) electrons. The van der Waals surface area contributed by atoms with E-state index < -0.39 is 18.0 Å². The lowest BCUT2D eigenvalue weighted by atomic mass is 9.83. The van der Waals surface area contributed by atoms with Gasteiger partial charge in [0, 0.05) is 30.5 Å². The number of carbonyl (C=O) groups is 3. The summed E-state index contributed by atoms with van der Waals surface area (Å²) in [5.41, 5.74) is 0.0229. The van der Waals surface area contributed by atoms with Crippen molar-refractivity contribution in [3.8, 4) is 0 Å². The molecule has 2 rings (SSSR count). The predicted octanol–water partition coefficient (Wildman–Crippen LogP) is -0.237. The zero-order valence-corrected chi connectivity index (χ0v) is 12.6. The van der Waals surface area contributed by atoms with Crippen LogP contribution in [0.2, 0.25) is 0 Å². The molecular weight excluding hydrogens is 296 g/mol. The molecule has 0 aromatic rings. The number of hydrogen-bond acceptors (Lipinski definition) is 5. The molecule has 1 saturated heterocycles. The molecule has 2 amide bonds. The van der Waals surface area contributed by atoms with Crippen molar-refractivity contribution in [2.75, 3.05) is 12.3 Å². The van der Waals surface area contributed by atoms with Crippen LogP contribution in [-0.2, 0) is 14.4 Å². The van der Waals surface area contributed by atoms with Crippen LogP contribution in [0.15, 0.2) is 10.6 Å². The molecule has 8 heteroatoms. The van der Waals surface area contributed by atoms with Gasteiger partial charge in [-0.25, -0.2) is 4.79 Å². The van der Waals surface area contributed by atoms with E-state index in [4.69, 9.17) is 0 Å². The topological polar surface area (TPSA) is 107 Å². The highest BCUT2D eigenvalue weighted by molar-refractivity contribution is 8.03. The molecule has 0 spiro atoms. The van der Waals surface area contributed by atoms with Gasteiger partial charge < -0.3 is 20.4 Å². The first kappa shape index (κ1) is 15.8. The number of hydrogen-bond donors (Lipinski definition) is 3. The first-order valence-corrected chi connectivity index (χ1v) is 7.68. The van der Waals surface area contributed by atoms with E-state index in [-0.39, 0.29) is 23.6 Å². The molecule has 3 atom stereocenters. The summed E-state index contributed by atoms with van der Waals surface area (Å²) in [7, 11) is 0. The Balaban J connectivity index is 2.04. The fraction of sp³-hybridized carbons (Fsp3) is 0.615.